The zero-order valence-electron chi connectivity index (χ0n) is 8.10. The van der Waals surface area contributed by atoms with Gasteiger partial charge in [0.1, 0.15) is 6.33 Å². The SMILES string of the molecule is CCN(CC(C)CN)c1ncns1. The number of hydrogen-bond donors (Lipinski definition) is 1. The van der Waals surface area contributed by atoms with E-state index in [0.29, 0.717) is 5.92 Å². The van der Waals surface area contributed by atoms with Gasteiger partial charge in [0, 0.05) is 24.6 Å². The van der Waals surface area contributed by atoms with Crippen LogP contribution in [0.3, 0.4) is 0 Å². The summed E-state index contributed by atoms with van der Waals surface area (Å²) in [5, 5.41) is 0.989. The summed E-state index contributed by atoms with van der Waals surface area (Å²) >= 11 is 1.43. The average molecular weight is 200 g/mol. The van der Waals surface area contributed by atoms with Crippen LogP contribution in [0.4, 0.5) is 5.13 Å². The molecule has 4 nitrogen and oxygen atoms in total. The normalized spacial score (nSPS) is 12.8. The fourth-order valence-corrected chi connectivity index (χ4v) is 1.70. The maximum absolute atomic E-state index is 5.57. The zero-order valence-corrected chi connectivity index (χ0v) is 8.92. The van der Waals surface area contributed by atoms with Gasteiger partial charge in [-0.1, -0.05) is 6.92 Å². The van der Waals surface area contributed by atoms with Crippen LogP contribution < -0.4 is 10.6 Å². The molecular formula is C8H16N4S. The van der Waals surface area contributed by atoms with Crippen molar-refractivity contribution in [2.45, 2.75) is 13.8 Å². The highest BCUT2D eigenvalue weighted by Crippen LogP contribution is 2.15. The minimum atomic E-state index is 0.504. The largest absolute Gasteiger partial charge is 0.347 e. The molecule has 2 N–H and O–H groups in total. The van der Waals surface area contributed by atoms with Gasteiger partial charge in [0.25, 0.3) is 0 Å². The van der Waals surface area contributed by atoms with E-state index in [1.54, 1.807) is 6.33 Å². The highest BCUT2D eigenvalue weighted by atomic mass is 32.1. The second kappa shape index (κ2) is 5.14. The fraction of sp³-hybridized carbons (Fsp3) is 0.750. The summed E-state index contributed by atoms with van der Waals surface area (Å²) in [7, 11) is 0. The molecule has 0 amide bonds. The van der Waals surface area contributed by atoms with Gasteiger partial charge in [-0.25, -0.2) is 4.98 Å². The topological polar surface area (TPSA) is 55.0 Å². The van der Waals surface area contributed by atoms with Crippen LogP contribution in [0.1, 0.15) is 13.8 Å². The van der Waals surface area contributed by atoms with Crippen molar-refractivity contribution in [1.82, 2.24) is 9.36 Å². The first-order valence-corrected chi connectivity index (χ1v) is 5.27. The molecule has 1 atom stereocenters. The molecule has 0 spiro atoms. The van der Waals surface area contributed by atoms with Gasteiger partial charge >= 0.3 is 0 Å². The number of anilines is 1. The van der Waals surface area contributed by atoms with Crippen LogP contribution in [0.25, 0.3) is 0 Å². The van der Waals surface area contributed by atoms with E-state index >= 15 is 0 Å². The molecule has 0 radical (unpaired) electrons. The van der Waals surface area contributed by atoms with E-state index < -0.39 is 0 Å². The maximum atomic E-state index is 5.57. The van der Waals surface area contributed by atoms with Crippen LogP contribution in [0.2, 0.25) is 0 Å². The van der Waals surface area contributed by atoms with Crippen molar-refractivity contribution < 1.29 is 0 Å². The van der Waals surface area contributed by atoms with Crippen molar-refractivity contribution in [3.05, 3.63) is 6.33 Å². The van der Waals surface area contributed by atoms with E-state index in [2.05, 4.69) is 28.1 Å². The van der Waals surface area contributed by atoms with Gasteiger partial charge in [0.05, 0.1) is 0 Å². The lowest BCUT2D eigenvalue weighted by Crippen LogP contribution is -2.31. The molecule has 1 rings (SSSR count). The zero-order chi connectivity index (χ0) is 9.68. The molecule has 0 aliphatic heterocycles. The van der Waals surface area contributed by atoms with Crippen LogP contribution in [0, 0.1) is 5.92 Å². The van der Waals surface area contributed by atoms with Gasteiger partial charge < -0.3 is 10.6 Å². The van der Waals surface area contributed by atoms with E-state index in [-0.39, 0.29) is 0 Å². The van der Waals surface area contributed by atoms with Crippen LogP contribution in [0.15, 0.2) is 6.33 Å². The number of hydrogen-bond acceptors (Lipinski definition) is 5. The lowest BCUT2D eigenvalue weighted by Gasteiger charge is -2.22. The third-order valence-electron chi connectivity index (χ3n) is 1.94. The predicted molar refractivity (Wildman–Crippen MR) is 56.0 cm³/mol. The van der Waals surface area contributed by atoms with Crippen molar-refractivity contribution in [1.29, 1.82) is 0 Å². The quantitative estimate of drug-likeness (QED) is 0.769. The molecule has 0 saturated heterocycles. The van der Waals surface area contributed by atoms with Gasteiger partial charge in [0.15, 0.2) is 0 Å². The summed E-state index contributed by atoms with van der Waals surface area (Å²) in [5.74, 6) is 0.504. The number of nitrogens with two attached hydrogens (primary N) is 1. The van der Waals surface area contributed by atoms with Gasteiger partial charge in [-0.3, -0.25) is 0 Å². The molecule has 0 bridgehead atoms. The highest BCUT2D eigenvalue weighted by Gasteiger charge is 2.10. The number of aromatic nitrogens is 2. The lowest BCUT2D eigenvalue weighted by atomic mass is 10.2. The fourth-order valence-electron chi connectivity index (χ4n) is 1.10. The van der Waals surface area contributed by atoms with E-state index in [9.17, 15) is 0 Å². The molecule has 1 unspecified atom stereocenters. The molecule has 1 aromatic rings. The third kappa shape index (κ3) is 2.93. The van der Waals surface area contributed by atoms with Crippen LogP contribution >= 0.6 is 11.5 Å². The minimum Gasteiger partial charge on any atom is -0.347 e. The third-order valence-corrected chi connectivity index (χ3v) is 2.66. The van der Waals surface area contributed by atoms with Crippen molar-refractivity contribution in [3.63, 3.8) is 0 Å². The molecule has 0 saturated carbocycles. The average Bonchev–Trinajstić information content (AvgIpc) is 2.66. The van der Waals surface area contributed by atoms with Gasteiger partial charge in [-0.05, 0) is 19.4 Å². The Morgan fingerprint density at radius 1 is 1.69 bits per heavy atom. The monoisotopic (exact) mass is 200 g/mol. The Bertz CT molecular complexity index is 224. The van der Waals surface area contributed by atoms with Crippen LogP contribution in [-0.4, -0.2) is 29.0 Å². The summed E-state index contributed by atoms with van der Waals surface area (Å²) < 4.78 is 3.98. The molecule has 13 heavy (non-hydrogen) atoms. The first kappa shape index (κ1) is 10.4. The first-order valence-electron chi connectivity index (χ1n) is 4.49. The standard InChI is InChI=1S/C8H16N4S/c1-3-12(5-7(2)4-9)8-10-6-11-13-8/h6-7H,3-5,9H2,1-2H3. The second-order valence-electron chi connectivity index (χ2n) is 3.10. The van der Waals surface area contributed by atoms with Crippen molar-refractivity contribution in [2.75, 3.05) is 24.5 Å². The molecule has 0 fully saturated rings. The minimum absolute atomic E-state index is 0.504. The number of nitrogens with zero attached hydrogens (tertiary/aromatic N) is 3. The molecular weight excluding hydrogens is 184 g/mol. The molecule has 0 aromatic carbocycles. The van der Waals surface area contributed by atoms with Gasteiger partial charge in [0.2, 0.25) is 5.13 Å². The Labute approximate surface area is 82.9 Å². The molecule has 5 heteroatoms. The van der Waals surface area contributed by atoms with Gasteiger partial charge in [-0.2, -0.15) is 4.37 Å². The summed E-state index contributed by atoms with van der Waals surface area (Å²) in [4.78, 5) is 6.37. The molecule has 1 aromatic heterocycles. The molecule has 0 aliphatic rings. The van der Waals surface area contributed by atoms with Crippen LogP contribution in [-0.2, 0) is 0 Å². The van der Waals surface area contributed by atoms with Gasteiger partial charge in [-0.15, -0.1) is 0 Å². The Kier molecular flexibility index (Phi) is 4.11. The Morgan fingerprint density at radius 3 is 2.92 bits per heavy atom. The van der Waals surface area contributed by atoms with Crippen molar-refractivity contribution in [2.24, 2.45) is 11.7 Å². The first-order chi connectivity index (χ1) is 6.27. The number of rotatable bonds is 5. The summed E-state index contributed by atoms with van der Waals surface area (Å²) in [5.41, 5.74) is 5.57. The predicted octanol–water partition coefficient (Wildman–Crippen LogP) is 0.959. The Balaban J connectivity index is 2.53. The summed E-state index contributed by atoms with van der Waals surface area (Å²) in [6.45, 7) is 6.89. The molecule has 0 aliphatic carbocycles. The second-order valence-corrected chi connectivity index (χ2v) is 3.86. The molecule has 1 heterocycles. The van der Waals surface area contributed by atoms with E-state index in [4.69, 9.17) is 5.73 Å². The van der Waals surface area contributed by atoms with Crippen LogP contribution in [0.5, 0.6) is 0 Å². The maximum Gasteiger partial charge on any atom is 0.204 e. The van der Waals surface area contributed by atoms with E-state index in [1.165, 1.54) is 11.5 Å². The Hall–Kier alpha value is -0.680. The summed E-state index contributed by atoms with van der Waals surface area (Å²) in [6, 6.07) is 0. The smallest absolute Gasteiger partial charge is 0.204 e. The van der Waals surface area contributed by atoms with Crippen molar-refractivity contribution in [3.8, 4) is 0 Å². The lowest BCUT2D eigenvalue weighted by molar-refractivity contribution is 0.575. The summed E-state index contributed by atoms with van der Waals surface area (Å²) in [6.07, 6.45) is 1.59. The molecule has 74 valence electrons. The highest BCUT2D eigenvalue weighted by molar-refractivity contribution is 7.09. The van der Waals surface area contributed by atoms with Crippen molar-refractivity contribution >= 4 is 16.7 Å². The Morgan fingerprint density at radius 2 is 2.46 bits per heavy atom. The van der Waals surface area contributed by atoms with E-state index in [0.717, 1.165) is 24.8 Å². The van der Waals surface area contributed by atoms with E-state index in [1.807, 2.05) is 0 Å².